The fraction of sp³-hybridized carbons (Fsp3) is 0.650. The SMILES string of the molecule is CC[C@H](C)[C@H](NC(=O)[C@H](CC(=O)O)NC(=O)[C@H](CCCCN)NC(=O)[C@H](CCC(=O)O)NC(=O)[C@H](CS)NC(=O)[C@@H](N)CC(=O)O)C(=O)N[C@@H](CC(=O)O)C(=O)N[C@@H](CCC(=O)O)C(=O)N[C@@H](CS)C(=O)O. The van der Waals surface area contributed by atoms with Gasteiger partial charge in [0.1, 0.15) is 48.3 Å². The maximum atomic E-state index is 13.9. The normalized spacial score (nSPS) is 15.0. The molecule has 0 radical (unpaired) electrons. The Hall–Kier alpha value is -6.80. The van der Waals surface area contributed by atoms with Crippen LogP contribution in [0.5, 0.6) is 0 Å². The Morgan fingerprint density at radius 1 is 0.431 bits per heavy atom. The lowest BCUT2D eigenvalue weighted by atomic mass is 9.97. The summed E-state index contributed by atoms with van der Waals surface area (Å²) in [6, 6.07) is -15.7. The molecule has 0 heterocycles. The number of aliphatic carboxylic acids is 6. The topological polar surface area (TPSA) is 509 Å². The van der Waals surface area contributed by atoms with E-state index in [1.807, 2.05) is 5.32 Å². The quantitative estimate of drug-likeness (QED) is 0.0204. The number of carboxylic acids is 6. The lowest BCUT2D eigenvalue weighted by Crippen LogP contribution is -2.61. The van der Waals surface area contributed by atoms with Crippen molar-refractivity contribution >= 4 is 108 Å². The first-order valence-corrected chi connectivity index (χ1v) is 23.3. The number of unbranched alkanes of at least 4 members (excludes halogenated alkanes) is 1. The van der Waals surface area contributed by atoms with Crippen LogP contribution >= 0.6 is 25.3 Å². The van der Waals surface area contributed by atoms with Gasteiger partial charge in [-0.2, -0.15) is 25.3 Å². The number of rotatable bonds is 37. The van der Waals surface area contributed by atoms with Gasteiger partial charge in [-0.25, -0.2) is 4.79 Å². The molecular formula is C40H64N10O20S2. The minimum atomic E-state index is -2.04. The first-order valence-electron chi connectivity index (χ1n) is 22.0. The lowest BCUT2D eigenvalue weighted by molar-refractivity contribution is -0.143. The average Bonchev–Trinajstić information content (AvgIpc) is 3.29. The highest BCUT2D eigenvalue weighted by Crippen LogP contribution is 2.12. The molecule has 0 aliphatic heterocycles. The molecule has 0 bridgehead atoms. The summed E-state index contributed by atoms with van der Waals surface area (Å²) in [7, 11) is 0. The largest absolute Gasteiger partial charge is 0.481 e. The van der Waals surface area contributed by atoms with Crippen LogP contribution in [-0.2, 0) is 67.1 Å². The molecular weight excluding hydrogens is 1000 g/mol. The first-order chi connectivity index (χ1) is 33.6. The summed E-state index contributed by atoms with van der Waals surface area (Å²) in [6.45, 7) is 3.05. The highest BCUT2D eigenvalue weighted by atomic mass is 32.1. The lowest BCUT2D eigenvalue weighted by Gasteiger charge is -2.29. The zero-order chi connectivity index (χ0) is 55.4. The zero-order valence-electron chi connectivity index (χ0n) is 39.1. The van der Waals surface area contributed by atoms with Crippen LogP contribution in [0.25, 0.3) is 0 Å². The Bertz CT molecular complexity index is 1980. The number of hydrogen-bond donors (Lipinski definition) is 18. The molecule has 0 fully saturated rings. The van der Waals surface area contributed by atoms with Crippen LogP contribution in [-0.4, -0.2) is 186 Å². The number of carbonyl (C=O) groups excluding carboxylic acids is 8. The molecule has 0 aromatic heterocycles. The maximum Gasteiger partial charge on any atom is 0.327 e. The Balaban J connectivity index is 6.74. The van der Waals surface area contributed by atoms with Crippen LogP contribution in [0, 0.1) is 5.92 Å². The Kier molecular flexibility index (Phi) is 30.5. The molecule has 0 spiro atoms. The molecule has 10 atom stereocenters. The van der Waals surface area contributed by atoms with Gasteiger partial charge in [-0.3, -0.25) is 62.3 Å². The Morgan fingerprint density at radius 2 is 0.778 bits per heavy atom. The van der Waals surface area contributed by atoms with Crippen LogP contribution in [0.1, 0.15) is 84.5 Å². The number of nitrogens with one attached hydrogen (secondary N) is 8. The van der Waals surface area contributed by atoms with E-state index in [2.05, 4.69) is 62.5 Å². The highest BCUT2D eigenvalue weighted by molar-refractivity contribution is 7.80. The predicted octanol–water partition coefficient (Wildman–Crippen LogP) is -5.53. The van der Waals surface area contributed by atoms with Gasteiger partial charge in [0.15, 0.2) is 0 Å². The zero-order valence-corrected chi connectivity index (χ0v) is 40.9. The summed E-state index contributed by atoms with van der Waals surface area (Å²) in [4.78, 5) is 176. The van der Waals surface area contributed by atoms with E-state index >= 15 is 0 Å². The third-order valence-corrected chi connectivity index (χ3v) is 11.0. The van der Waals surface area contributed by atoms with Gasteiger partial charge in [0.25, 0.3) is 0 Å². The third-order valence-electron chi connectivity index (χ3n) is 10.3. The van der Waals surface area contributed by atoms with Crippen molar-refractivity contribution in [2.45, 2.75) is 139 Å². The molecule has 0 aliphatic rings. The Morgan fingerprint density at radius 3 is 1.15 bits per heavy atom. The molecule has 30 nitrogen and oxygen atoms in total. The van der Waals surface area contributed by atoms with E-state index in [9.17, 15) is 92.7 Å². The molecule has 0 saturated carbocycles. The second kappa shape index (κ2) is 33.7. The Labute approximate surface area is 421 Å². The van der Waals surface area contributed by atoms with Gasteiger partial charge in [0, 0.05) is 24.3 Å². The number of nitrogens with two attached hydrogens (primary N) is 2. The molecule has 8 amide bonds. The molecule has 0 aliphatic carbocycles. The van der Waals surface area contributed by atoms with E-state index in [0.717, 1.165) is 0 Å². The van der Waals surface area contributed by atoms with E-state index in [1.165, 1.54) is 6.92 Å². The van der Waals surface area contributed by atoms with Gasteiger partial charge in [-0.15, -0.1) is 0 Å². The smallest absolute Gasteiger partial charge is 0.327 e. The molecule has 0 aromatic carbocycles. The van der Waals surface area contributed by atoms with Crippen molar-refractivity contribution in [2.75, 3.05) is 18.1 Å². The van der Waals surface area contributed by atoms with Crippen molar-refractivity contribution in [1.29, 1.82) is 0 Å². The number of carbonyl (C=O) groups is 14. The van der Waals surface area contributed by atoms with Crippen molar-refractivity contribution in [3.63, 3.8) is 0 Å². The summed E-state index contributed by atoms with van der Waals surface area (Å²) >= 11 is 7.81. The van der Waals surface area contributed by atoms with Crippen molar-refractivity contribution in [1.82, 2.24) is 42.5 Å². The van der Waals surface area contributed by atoms with Crippen molar-refractivity contribution < 1.29 is 97.8 Å². The maximum absolute atomic E-state index is 13.9. The van der Waals surface area contributed by atoms with Gasteiger partial charge in [0.05, 0.1) is 25.3 Å². The molecule has 18 N–H and O–H groups in total. The third kappa shape index (κ3) is 25.4. The van der Waals surface area contributed by atoms with Gasteiger partial charge < -0.3 is 84.6 Å². The summed E-state index contributed by atoms with van der Waals surface area (Å²) < 4.78 is 0. The first kappa shape index (κ1) is 65.2. The fourth-order valence-electron chi connectivity index (χ4n) is 6.12. The highest BCUT2D eigenvalue weighted by Gasteiger charge is 2.37. The van der Waals surface area contributed by atoms with E-state index in [4.69, 9.17) is 16.6 Å². The second-order valence-electron chi connectivity index (χ2n) is 16.1. The van der Waals surface area contributed by atoms with E-state index in [1.54, 1.807) is 6.92 Å². The minimum Gasteiger partial charge on any atom is -0.481 e. The summed E-state index contributed by atoms with van der Waals surface area (Å²) in [6.07, 6.45) is -5.61. The van der Waals surface area contributed by atoms with Crippen LogP contribution in [0.3, 0.4) is 0 Å². The molecule has 72 heavy (non-hydrogen) atoms. The molecule has 32 heteroatoms. The summed E-state index contributed by atoms with van der Waals surface area (Å²) in [5.41, 5.74) is 11.1. The number of carboxylic acid groups (broad SMARTS) is 6. The van der Waals surface area contributed by atoms with Crippen molar-refractivity contribution in [3.05, 3.63) is 0 Å². The summed E-state index contributed by atoms with van der Waals surface area (Å²) in [5, 5.41) is 73.6. The van der Waals surface area contributed by atoms with Crippen molar-refractivity contribution in [2.24, 2.45) is 17.4 Å². The van der Waals surface area contributed by atoms with Gasteiger partial charge in [-0.1, -0.05) is 20.3 Å². The average molecular weight is 1070 g/mol. The summed E-state index contributed by atoms with van der Waals surface area (Å²) in [5.74, 6) is -20.6. The van der Waals surface area contributed by atoms with Crippen LogP contribution in [0.2, 0.25) is 0 Å². The molecule has 0 unspecified atom stereocenters. The standard InChI is InChI=1S/C40H64N10O20S2/c1-3-17(2)31(39(68)47-22(13-29(57)58)36(65)44-21(8-10-27(53)54)35(64)49-25(16-72)40(69)70)50-37(66)23(14-30(59)60)46-33(62)19(6-4-5-11-41)43-34(63)20(7-9-26(51)52)45-38(67)24(15-71)48-32(61)18(42)12-28(55)56/h17-25,31,71-72H,3-16,41-42H2,1-2H3,(H,43,63)(H,44,65)(H,45,67)(H,46,62)(H,47,68)(H,48,61)(H,49,64)(H,50,66)(H,51,52)(H,53,54)(H,55,56)(H,57,58)(H,59,60)(H,69,70)/t17-,18-,19-,20-,21-,22-,23-,24-,25-,31-/m0/s1. The van der Waals surface area contributed by atoms with Gasteiger partial charge in [0.2, 0.25) is 47.3 Å². The predicted molar refractivity (Wildman–Crippen MR) is 252 cm³/mol. The van der Waals surface area contributed by atoms with Gasteiger partial charge in [-0.05, 0) is 44.6 Å². The molecule has 0 aromatic rings. The monoisotopic (exact) mass is 1070 g/mol. The van der Waals surface area contributed by atoms with Gasteiger partial charge >= 0.3 is 35.8 Å². The van der Waals surface area contributed by atoms with Crippen molar-refractivity contribution in [3.8, 4) is 0 Å². The number of amides is 8. The number of thiol groups is 2. The molecule has 406 valence electrons. The van der Waals surface area contributed by atoms with E-state index in [-0.39, 0.29) is 32.2 Å². The van der Waals surface area contributed by atoms with Crippen LogP contribution in [0.4, 0.5) is 0 Å². The van der Waals surface area contributed by atoms with Crippen LogP contribution < -0.4 is 54.0 Å². The molecule has 0 saturated heterocycles. The van der Waals surface area contributed by atoms with Crippen LogP contribution in [0.15, 0.2) is 0 Å². The van der Waals surface area contributed by atoms with E-state index < -0.39 is 200 Å². The van der Waals surface area contributed by atoms with E-state index in [0.29, 0.717) is 0 Å². The minimum absolute atomic E-state index is 0.0889. The second-order valence-corrected chi connectivity index (χ2v) is 16.8. The molecule has 0 rings (SSSR count). The number of hydrogen-bond acceptors (Lipinski definition) is 18. The fourth-order valence-corrected chi connectivity index (χ4v) is 6.63.